The number of aromatic nitrogens is 4. The molecule has 2 heterocycles. The van der Waals surface area contributed by atoms with Gasteiger partial charge in [-0.1, -0.05) is 42.5 Å². The fraction of sp³-hybridized carbons (Fsp3) is 0.160. The largest absolute Gasteiger partial charge is 0.497 e. The second kappa shape index (κ2) is 9.22. The molecule has 9 heteroatoms. The molecular weight excluding hydrogens is 435 g/mol. The van der Waals surface area contributed by atoms with Crippen LogP contribution >= 0.6 is 0 Å². The number of hydrogen-bond acceptors (Lipinski definition) is 6. The van der Waals surface area contributed by atoms with Gasteiger partial charge in [-0.2, -0.15) is 9.90 Å². The van der Waals surface area contributed by atoms with E-state index in [1.54, 1.807) is 19.2 Å². The molecule has 0 saturated carbocycles. The number of carbonyl (C=O) groups is 1. The summed E-state index contributed by atoms with van der Waals surface area (Å²) < 4.78 is 18.5. The van der Waals surface area contributed by atoms with Crippen molar-refractivity contribution in [3.05, 3.63) is 95.8 Å². The molecule has 0 fully saturated rings. The van der Waals surface area contributed by atoms with Crippen LogP contribution < -0.4 is 4.74 Å². The van der Waals surface area contributed by atoms with E-state index in [4.69, 9.17) is 4.74 Å². The average molecular weight is 456 g/mol. The predicted molar refractivity (Wildman–Crippen MR) is 123 cm³/mol. The van der Waals surface area contributed by atoms with E-state index in [0.29, 0.717) is 17.8 Å². The first kappa shape index (κ1) is 21.4. The van der Waals surface area contributed by atoms with Gasteiger partial charge < -0.3 is 4.74 Å². The molecule has 0 N–H and O–H groups in total. The highest BCUT2D eigenvalue weighted by atomic mass is 19.1. The number of tetrazole rings is 1. The van der Waals surface area contributed by atoms with Crippen LogP contribution in [0.25, 0.3) is 11.4 Å². The number of halogens is 1. The summed E-state index contributed by atoms with van der Waals surface area (Å²) in [5.74, 6) is 0.435. The van der Waals surface area contributed by atoms with E-state index in [-0.39, 0.29) is 24.3 Å². The van der Waals surface area contributed by atoms with E-state index < -0.39 is 0 Å². The van der Waals surface area contributed by atoms with Crippen molar-refractivity contribution in [1.29, 1.82) is 0 Å². The zero-order valence-corrected chi connectivity index (χ0v) is 18.4. The van der Waals surface area contributed by atoms with Gasteiger partial charge >= 0.3 is 0 Å². The van der Waals surface area contributed by atoms with E-state index in [9.17, 15) is 9.18 Å². The molecule has 1 atom stereocenters. The van der Waals surface area contributed by atoms with E-state index >= 15 is 0 Å². The first-order valence-electron chi connectivity index (χ1n) is 10.7. The van der Waals surface area contributed by atoms with Crippen molar-refractivity contribution >= 4 is 11.6 Å². The first-order chi connectivity index (χ1) is 16.6. The number of ether oxygens (including phenoxy) is 1. The third kappa shape index (κ3) is 4.40. The third-order valence-corrected chi connectivity index (χ3v) is 5.61. The van der Waals surface area contributed by atoms with Crippen LogP contribution in [0.4, 0.5) is 4.39 Å². The molecule has 0 bridgehead atoms. The molecule has 34 heavy (non-hydrogen) atoms. The molecule has 0 aliphatic carbocycles. The molecule has 1 amide bonds. The van der Waals surface area contributed by atoms with Crippen LogP contribution in [-0.2, 0) is 11.3 Å². The van der Waals surface area contributed by atoms with Crippen molar-refractivity contribution < 1.29 is 13.9 Å². The number of nitrogens with zero attached hydrogens (tertiary/aromatic N) is 6. The molecule has 4 aromatic rings. The van der Waals surface area contributed by atoms with Gasteiger partial charge in [-0.25, -0.2) is 9.40 Å². The van der Waals surface area contributed by atoms with Gasteiger partial charge in [-0.3, -0.25) is 4.79 Å². The summed E-state index contributed by atoms with van der Waals surface area (Å²) in [5, 5.41) is 18.4. The number of methoxy groups -OCH3 is 1. The monoisotopic (exact) mass is 456 g/mol. The number of hydrazone groups is 1. The maximum Gasteiger partial charge on any atom is 0.266 e. The normalized spacial score (nSPS) is 15.3. The molecule has 1 unspecified atom stereocenters. The predicted octanol–water partition coefficient (Wildman–Crippen LogP) is 3.87. The van der Waals surface area contributed by atoms with Crippen molar-refractivity contribution in [2.45, 2.75) is 19.0 Å². The van der Waals surface area contributed by atoms with Gasteiger partial charge in [0.2, 0.25) is 5.82 Å². The van der Waals surface area contributed by atoms with Gasteiger partial charge in [0.15, 0.2) is 0 Å². The van der Waals surface area contributed by atoms with Crippen molar-refractivity contribution in [2.24, 2.45) is 5.10 Å². The van der Waals surface area contributed by atoms with Crippen molar-refractivity contribution in [3.63, 3.8) is 0 Å². The minimum atomic E-state index is -0.350. The lowest BCUT2D eigenvalue weighted by Crippen LogP contribution is -2.31. The lowest BCUT2D eigenvalue weighted by Gasteiger charge is -2.22. The summed E-state index contributed by atoms with van der Waals surface area (Å²) in [5.41, 5.74) is 3.35. The summed E-state index contributed by atoms with van der Waals surface area (Å²) in [6.45, 7) is -0.133. The summed E-state index contributed by atoms with van der Waals surface area (Å²) in [6.07, 6.45) is 0.577. The molecule has 0 saturated heterocycles. The highest BCUT2D eigenvalue weighted by molar-refractivity contribution is 6.03. The maximum absolute atomic E-state index is 13.3. The van der Waals surface area contributed by atoms with Crippen molar-refractivity contribution in [3.8, 4) is 17.1 Å². The van der Waals surface area contributed by atoms with Crippen LogP contribution in [0.2, 0.25) is 0 Å². The van der Waals surface area contributed by atoms with Crippen molar-refractivity contribution in [2.75, 3.05) is 7.11 Å². The van der Waals surface area contributed by atoms with E-state index in [2.05, 4.69) is 20.5 Å². The minimum Gasteiger partial charge on any atom is -0.497 e. The van der Waals surface area contributed by atoms with Gasteiger partial charge in [0, 0.05) is 12.0 Å². The average Bonchev–Trinajstić information content (AvgIpc) is 3.53. The van der Waals surface area contributed by atoms with Crippen LogP contribution in [0.1, 0.15) is 23.6 Å². The van der Waals surface area contributed by atoms with E-state index in [1.165, 1.54) is 21.9 Å². The zero-order chi connectivity index (χ0) is 23.5. The van der Waals surface area contributed by atoms with Crippen LogP contribution in [0.15, 0.2) is 84.0 Å². The van der Waals surface area contributed by atoms with Gasteiger partial charge in [-0.05, 0) is 52.7 Å². The Morgan fingerprint density at radius 1 is 1.00 bits per heavy atom. The third-order valence-electron chi connectivity index (χ3n) is 5.61. The smallest absolute Gasteiger partial charge is 0.266 e. The van der Waals surface area contributed by atoms with Gasteiger partial charge in [0.25, 0.3) is 5.91 Å². The Balaban J connectivity index is 1.40. The Labute approximate surface area is 195 Å². The number of rotatable bonds is 6. The van der Waals surface area contributed by atoms with Crippen LogP contribution in [-0.4, -0.2) is 43.9 Å². The lowest BCUT2D eigenvalue weighted by molar-refractivity contribution is -0.134. The summed E-state index contributed by atoms with van der Waals surface area (Å²) in [7, 11) is 1.61. The maximum atomic E-state index is 13.3. The van der Waals surface area contributed by atoms with Gasteiger partial charge in [0.1, 0.15) is 18.1 Å². The minimum absolute atomic E-state index is 0.133. The molecule has 5 rings (SSSR count). The van der Waals surface area contributed by atoms with Crippen LogP contribution in [0.3, 0.4) is 0 Å². The topological polar surface area (TPSA) is 85.5 Å². The summed E-state index contributed by atoms with van der Waals surface area (Å²) in [6, 6.07) is 22.9. The standard InChI is InChI=1S/C25H21FN6O2/c1-34-21-13-9-18(10-14-21)23-15-22(17-5-3-2-4-6-17)28-32(23)24(33)16-31-29-25(27-30-31)19-7-11-20(26)12-8-19/h2-14,23H,15-16H2,1H3. The highest BCUT2D eigenvalue weighted by Gasteiger charge is 2.33. The van der Waals surface area contributed by atoms with E-state index in [0.717, 1.165) is 22.6 Å². The Hall–Kier alpha value is -4.40. The number of amides is 1. The van der Waals surface area contributed by atoms with Crippen molar-refractivity contribution in [1.82, 2.24) is 25.2 Å². The summed E-state index contributed by atoms with van der Waals surface area (Å²) in [4.78, 5) is 14.5. The number of carbonyl (C=O) groups excluding carboxylic acids is 1. The molecule has 0 radical (unpaired) electrons. The first-order valence-corrected chi connectivity index (χ1v) is 10.7. The zero-order valence-electron chi connectivity index (χ0n) is 18.4. The molecule has 1 aromatic heterocycles. The number of benzene rings is 3. The van der Waals surface area contributed by atoms with Gasteiger partial charge in [0.05, 0.1) is 18.9 Å². The second-order valence-corrected chi connectivity index (χ2v) is 7.79. The molecular formula is C25H21FN6O2. The Morgan fingerprint density at radius 2 is 1.74 bits per heavy atom. The number of hydrogen-bond donors (Lipinski definition) is 0. The SMILES string of the molecule is COc1ccc(C2CC(c3ccccc3)=NN2C(=O)Cn2nnc(-c3ccc(F)cc3)n2)cc1. The van der Waals surface area contributed by atoms with Crippen LogP contribution in [0, 0.1) is 5.82 Å². The fourth-order valence-electron chi connectivity index (χ4n) is 3.85. The quantitative estimate of drug-likeness (QED) is 0.440. The van der Waals surface area contributed by atoms with Crippen LogP contribution in [0.5, 0.6) is 5.75 Å². The second-order valence-electron chi connectivity index (χ2n) is 7.79. The molecule has 3 aromatic carbocycles. The fourth-order valence-corrected chi connectivity index (χ4v) is 3.85. The Bertz CT molecular complexity index is 1320. The molecule has 1 aliphatic heterocycles. The Morgan fingerprint density at radius 3 is 2.44 bits per heavy atom. The molecule has 8 nitrogen and oxygen atoms in total. The van der Waals surface area contributed by atoms with Gasteiger partial charge in [-0.15, -0.1) is 10.2 Å². The van der Waals surface area contributed by atoms with E-state index in [1.807, 2.05) is 54.6 Å². The summed E-state index contributed by atoms with van der Waals surface area (Å²) >= 11 is 0. The lowest BCUT2D eigenvalue weighted by atomic mass is 9.98. The molecule has 1 aliphatic rings. The Kier molecular flexibility index (Phi) is 5.82. The molecule has 0 spiro atoms. The molecule has 170 valence electrons. The highest BCUT2D eigenvalue weighted by Crippen LogP contribution is 2.33.